The van der Waals surface area contributed by atoms with Crippen molar-refractivity contribution in [1.29, 1.82) is 0 Å². The first-order chi connectivity index (χ1) is 13.0. The third kappa shape index (κ3) is 3.04. The Bertz CT molecular complexity index is 1280. The second kappa shape index (κ2) is 6.48. The fourth-order valence-corrected chi connectivity index (χ4v) is 4.89. The van der Waals surface area contributed by atoms with Crippen molar-refractivity contribution in [2.45, 2.75) is 10.6 Å². The van der Waals surface area contributed by atoms with E-state index in [9.17, 15) is 13.2 Å². The number of fused-ring (bicyclic) bond motifs is 2. The molecular weight excluding hydrogens is 360 g/mol. The van der Waals surface area contributed by atoms with E-state index < -0.39 is 15.7 Å². The van der Waals surface area contributed by atoms with Crippen molar-refractivity contribution in [1.82, 2.24) is 4.98 Å². The van der Waals surface area contributed by atoms with Gasteiger partial charge in [0.1, 0.15) is 0 Å². The van der Waals surface area contributed by atoms with Crippen LogP contribution in [0.3, 0.4) is 0 Å². The number of amides is 1. The van der Waals surface area contributed by atoms with Crippen LogP contribution in [0.15, 0.2) is 77.7 Å². The largest absolute Gasteiger partial charge is 0.366 e. The molecular formula is C21H16N2O3S. The molecule has 2 N–H and O–H groups in total. The van der Waals surface area contributed by atoms with Gasteiger partial charge >= 0.3 is 0 Å². The SMILES string of the molecule is NC(=O)c1c2ccccc2nc2cccc(S(=O)(=O)Cc3ccccc3)c12. The second-order valence-corrected chi connectivity index (χ2v) is 8.22. The van der Waals surface area contributed by atoms with E-state index in [2.05, 4.69) is 4.98 Å². The van der Waals surface area contributed by atoms with E-state index in [1.165, 1.54) is 6.07 Å². The predicted molar refractivity (Wildman–Crippen MR) is 105 cm³/mol. The Morgan fingerprint density at radius 1 is 0.852 bits per heavy atom. The molecule has 0 radical (unpaired) electrons. The molecule has 1 aromatic heterocycles. The number of carbonyl (C=O) groups excluding carboxylic acids is 1. The standard InChI is InChI=1S/C21H16N2O3S/c22-21(24)19-15-9-4-5-10-16(15)23-17-11-6-12-18(20(17)19)27(25,26)13-14-7-2-1-3-8-14/h1-12H,13H2,(H2,22,24). The minimum absolute atomic E-state index is 0.0657. The molecule has 5 nitrogen and oxygen atoms in total. The molecule has 0 aliphatic carbocycles. The molecule has 0 atom stereocenters. The molecule has 0 unspecified atom stereocenters. The number of nitrogens with zero attached hydrogens (tertiary/aromatic N) is 1. The molecule has 134 valence electrons. The van der Waals surface area contributed by atoms with Crippen LogP contribution < -0.4 is 5.73 Å². The maximum absolute atomic E-state index is 13.1. The molecule has 0 aliphatic rings. The first-order valence-corrected chi connectivity index (χ1v) is 10.0. The molecule has 4 rings (SSSR count). The van der Waals surface area contributed by atoms with Crippen LogP contribution in [-0.4, -0.2) is 19.3 Å². The highest BCUT2D eigenvalue weighted by Crippen LogP contribution is 2.32. The lowest BCUT2D eigenvalue weighted by Gasteiger charge is -2.13. The molecule has 0 saturated carbocycles. The van der Waals surface area contributed by atoms with E-state index in [0.29, 0.717) is 22.0 Å². The Balaban J connectivity index is 2.04. The smallest absolute Gasteiger partial charge is 0.250 e. The van der Waals surface area contributed by atoms with Gasteiger partial charge in [-0.3, -0.25) is 4.79 Å². The van der Waals surface area contributed by atoms with Crippen LogP contribution in [0.5, 0.6) is 0 Å². The van der Waals surface area contributed by atoms with Crippen LogP contribution in [0.2, 0.25) is 0 Å². The van der Waals surface area contributed by atoms with Gasteiger partial charge in [-0.05, 0) is 23.8 Å². The molecule has 6 heteroatoms. The average Bonchev–Trinajstić information content (AvgIpc) is 2.65. The van der Waals surface area contributed by atoms with Crippen molar-refractivity contribution in [3.8, 4) is 0 Å². The summed E-state index contributed by atoms with van der Waals surface area (Å²) in [4.78, 5) is 16.9. The van der Waals surface area contributed by atoms with Crippen LogP contribution in [0, 0.1) is 0 Å². The summed E-state index contributed by atoms with van der Waals surface area (Å²) in [5.74, 6) is -0.848. The lowest BCUT2D eigenvalue weighted by Crippen LogP contribution is -2.15. The van der Waals surface area contributed by atoms with Gasteiger partial charge in [-0.15, -0.1) is 0 Å². The Morgan fingerprint density at radius 2 is 1.52 bits per heavy atom. The third-order valence-corrected chi connectivity index (χ3v) is 6.17. The van der Waals surface area contributed by atoms with Gasteiger partial charge in [0, 0.05) is 10.8 Å². The molecule has 0 aliphatic heterocycles. The highest BCUT2D eigenvalue weighted by Gasteiger charge is 2.24. The summed E-state index contributed by atoms with van der Waals surface area (Å²) in [5.41, 5.74) is 7.52. The quantitative estimate of drug-likeness (QED) is 0.552. The highest BCUT2D eigenvalue weighted by molar-refractivity contribution is 7.90. The molecule has 4 aromatic rings. The molecule has 27 heavy (non-hydrogen) atoms. The zero-order valence-corrected chi connectivity index (χ0v) is 15.1. The van der Waals surface area contributed by atoms with Gasteiger partial charge in [0.15, 0.2) is 9.84 Å². The predicted octanol–water partition coefficient (Wildman–Crippen LogP) is 3.46. The van der Waals surface area contributed by atoms with Crippen molar-refractivity contribution in [2.24, 2.45) is 5.73 Å². The molecule has 0 bridgehead atoms. The summed E-state index contributed by atoms with van der Waals surface area (Å²) in [7, 11) is -3.71. The number of primary amides is 1. The van der Waals surface area contributed by atoms with Gasteiger partial charge in [0.05, 0.1) is 27.2 Å². The summed E-state index contributed by atoms with van der Waals surface area (Å²) in [6, 6.07) is 20.8. The maximum atomic E-state index is 13.1. The van der Waals surface area contributed by atoms with E-state index in [1.807, 2.05) is 12.1 Å². The monoisotopic (exact) mass is 376 g/mol. The Kier molecular flexibility index (Phi) is 4.12. The number of carbonyl (C=O) groups is 1. The molecule has 1 amide bonds. The maximum Gasteiger partial charge on any atom is 0.250 e. The van der Waals surface area contributed by atoms with Gasteiger partial charge in [0.25, 0.3) is 0 Å². The number of aromatic nitrogens is 1. The molecule has 3 aromatic carbocycles. The van der Waals surface area contributed by atoms with Gasteiger partial charge in [-0.1, -0.05) is 54.6 Å². The highest BCUT2D eigenvalue weighted by atomic mass is 32.2. The number of hydrogen-bond donors (Lipinski definition) is 1. The number of para-hydroxylation sites is 1. The van der Waals surface area contributed by atoms with Gasteiger partial charge in [-0.25, -0.2) is 13.4 Å². The average molecular weight is 376 g/mol. The molecule has 1 heterocycles. The van der Waals surface area contributed by atoms with Crippen LogP contribution in [0.4, 0.5) is 0 Å². The van der Waals surface area contributed by atoms with Crippen molar-refractivity contribution in [2.75, 3.05) is 0 Å². The van der Waals surface area contributed by atoms with E-state index in [4.69, 9.17) is 5.73 Å². The number of sulfone groups is 1. The van der Waals surface area contributed by atoms with Crippen molar-refractivity contribution in [3.63, 3.8) is 0 Å². The minimum Gasteiger partial charge on any atom is -0.366 e. The number of nitrogens with two attached hydrogens (primary N) is 1. The zero-order valence-electron chi connectivity index (χ0n) is 14.3. The number of benzene rings is 3. The van der Waals surface area contributed by atoms with E-state index in [-0.39, 0.29) is 21.6 Å². The molecule has 0 spiro atoms. The Labute approximate surface area is 156 Å². The summed E-state index contributed by atoms with van der Waals surface area (Å²) in [6.07, 6.45) is 0. The number of pyridine rings is 1. The van der Waals surface area contributed by atoms with E-state index in [1.54, 1.807) is 54.6 Å². The topological polar surface area (TPSA) is 90.1 Å². The zero-order chi connectivity index (χ0) is 19.0. The van der Waals surface area contributed by atoms with Crippen molar-refractivity contribution >= 4 is 37.6 Å². The summed E-state index contributed by atoms with van der Waals surface area (Å²) >= 11 is 0. The first kappa shape index (κ1) is 17.2. The number of hydrogen-bond acceptors (Lipinski definition) is 4. The fourth-order valence-electron chi connectivity index (χ4n) is 3.30. The van der Waals surface area contributed by atoms with Crippen LogP contribution in [-0.2, 0) is 15.6 Å². The lowest BCUT2D eigenvalue weighted by molar-refractivity contribution is 0.100. The second-order valence-electron chi connectivity index (χ2n) is 6.26. The number of rotatable bonds is 4. The fraction of sp³-hybridized carbons (Fsp3) is 0.0476. The Hall–Kier alpha value is -3.25. The Morgan fingerprint density at radius 3 is 2.26 bits per heavy atom. The van der Waals surface area contributed by atoms with E-state index in [0.717, 1.165) is 0 Å². The molecule has 0 fully saturated rings. The van der Waals surface area contributed by atoms with Gasteiger partial charge < -0.3 is 5.73 Å². The van der Waals surface area contributed by atoms with Crippen LogP contribution in [0.1, 0.15) is 15.9 Å². The van der Waals surface area contributed by atoms with Crippen LogP contribution in [0.25, 0.3) is 21.8 Å². The lowest BCUT2D eigenvalue weighted by atomic mass is 10.0. The summed E-state index contributed by atoms with van der Waals surface area (Å²) < 4.78 is 26.3. The summed E-state index contributed by atoms with van der Waals surface area (Å²) in [5, 5.41) is 0.819. The van der Waals surface area contributed by atoms with Crippen molar-refractivity contribution in [3.05, 3.63) is 83.9 Å². The van der Waals surface area contributed by atoms with E-state index >= 15 is 0 Å². The third-order valence-electron chi connectivity index (χ3n) is 4.45. The van der Waals surface area contributed by atoms with Gasteiger partial charge in [-0.2, -0.15) is 0 Å². The minimum atomic E-state index is -3.71. The molecule has 0 saturated heterocycles. The normalized spacial score (nSPS) is 11.7. The summed E-state index contributed by atoms with van der Waals surface area (Å²) in [6.45, 7) is 0. The van der Waals surface area contributed by atoms with Crippen LogP contribution >= 0.6 is 0 Å². The first-order valence-electron chi connectivity index (χ1n) is 8.35. The van der Waals surface area contributed by atoms with Crippen molar-refractivity contribution < 1.29 is 13.2 Å². The van der Waals surface area contributed by atoms with Gasteiger partial charge in [0.2, 0.25) is 5.91 Å².